The van der Waals surface area contributed by atoms with Gasteiger partial charge in [-0.05, 0) is 62.3 Å². The lowest BCUT2D eigenvalue weighted by molar-refractivity contribution is 0.0709. The average molecular weight is 395 g/mol. The maximum Gasteiger partial charge on any atom is 0.263 e. The van der Waals surface area contributed by atoms with E-state index < -0.39 is 0 Å². The quantitative estimate of drug-likeness (QED) is 0.644. The molecule has 3 aromatic heterocycles. The first-order valence-electron chi connectivity index (χ1n) is 10.5. The second-order valence-electron chi connectivity index (χ2n) is 8.05. The van der Waals surface area contributed by atoms with E-state index >= 15 is 0 Å². The lowest BCUT2D eigenvalue weighted by atomic mass is 9.96. The number of hydrogen-bond acceptors (Lipinski definition) is 4. The molecule has 4 heterocycles. The van der Waals surface area contributed by atoms with Crippen LogP contribution in [0.15, 0.2) is 30.5 Å². The Morgan fingerprint density at radius 3 is 2.89 bits per heavy atom. The topological polar surface area (TPSA) is 50.5 Å². The monoisotopic (exact) mass is 394 g/mol. The fraction of sp³-hybridized carbons (Fsp3) is 0.500. The average Bonchev–Trinajstić information content (AvgIpc) is 3.31. The van der Waals surface area contributed by atoms with Gasteiger partial charge in [0.25, 0.3) is 5.91 Å². The van der Waals surface area contributed by atoms with Crippen molar-refractivity contribution in [2.24, 2.45) is 0 Å². The van der Waals surface area contributed by atoms with Crippen molar-refractivity contribution >= 4 is 22.9 Å². The maximum atomic E-state index is 13.3. The number of pyridine rings is 1. The first-order valence-corrected chi connectivity index (χ1v) is 11.3. The standard InChI is InChI=1S/C22H26N4OS/c27-22(19-14-16-8-3-1-2-4-10-18(16)28-19)25-12-7-9-17(15-25)21-24-23-20-11-5-6-13-26(20)21/h5-6,11,13-14,17H,1-4,7-10,12,15H2/t17-/m0/s1. The molecule has 2 aliphatic rings. The van der Waals surface area contributed by atoms with E-state index in [0.29, 0.717) is 0 Å². The number of piperidine rings is 1. The Kier molecular flexibility index (Phi) is 4.89. The number of aromatic nitrogens is 3. The molecule has 1 fully saturated rings. The smallest absolute Gasteiger partial charge is 0.263 e. The number of carbonyl (C=O) groups is 1. The van der Waals surface area contributed by atoms with Crippen molar-refractivity contribution in [3.8, 4) is 0 Å². The number of aryl methyl sites for hydroxylation is 2. The minimum Gasteiger partial charge on any atom is -0.337 e. The van der Waals surface area contributed by atoms with E-state index in [1.165, 1.54) is 36.1 Å². The van der Waals surface area contributed by atoms with Gasteiger partial charge in [0.05, 0.1) is 4.88 Å². The molecule has 1 aliphatic heterocycles. The Bertz CT molecular complexity index is 966. The van der Waals surface area contributed by atoms with Crippen LogP contribution in [0.25, 0.3) is 5.65 Å². The summed E-state index contributed by atoms with van der Waals surface area (Å²) in [6.45, 7) is 1.58. The molecule has 3 aromatic rings. The zero-order valence-corrected chi connectivity index (χ0v) is 17.0. The van der Waals surface area contributed by atoms with Crippen LogP contribution in [0, 0.1) is 0 Å². The highest BCUT2D eigenvalue weighted by Crippen LogP contribution is 2.32. The zero-order chi connectivity index (χ0) is 18.9. The van der Waals surface area contributed by atoms with Crippen LogP contribution in [0.3, 0.4) is 0 Å². The van der Waals surface area contributed by atoms with Crippen molar-refractivity contribution in [1.82, 2.24) is 19.5 Å². The van der Waals surface area contributed by atoms with E-state index in [9.17, 15) is 4.79 Å². The van der Waals surface area contributed by atoms with Gasteiger partial charge >= 0.3 is 0 Å². The van der Waals surface area contributed by atoms with Crippen molar-refractivity contribution < 1.29 is 4.79 Å². The second-order valence-corrected chi connectivity index (χ2v) is 9.19. The van der Waals surface area contributed by atoms with Crippen LogP contribution >= 0.6 is 11.3 Å². The molecule has 1 atom stereocenters. The van der Waals surface area contributed by atoms with Gasteiger partial charge in [-0.15, -0.1) is 21.5 Å². The molecule has 0 radical (unpaired) electrons. The highest BCUT2D eigenvalue weighted by molar-refractivity contribution is 7.14. The number of rotatable bonds is 2. The number of nitrogens with zero attached hydrogens (tertiary/aromatic N) is 4. The SMILES string of the molecule is O=C(c1cc2c(s1)CCCCCC2)N1CCC[C@H](c2nnc3ccccn23)C1. The van der Waals surface area contributed by atoms with Crippen molar-refractivity contribution in [3.63, 3.8) is 0 Å². The predicted molar refractivity (Wildman–Crippen MR) is 111 cm³/mol. The lowest BCUT2D eigenvalue weighted by Gasteiger charge is -2.31. The van der Waals surface area contributed by atoms with Crippen LogP contribution in [0.5, 0.6) is 0 Å². The molecule has 1 aliphatic carbocycles. The number of amides is 1. The summed E-state index contributed by atoms with van der Waals surface area (Å²) in [6, 6.07) is 8.15. The van der Waals surface area contributed by atoms with E-state index in [4.69, 9.17) is 0 Å². The van der Waals surface area contributed by atoms with E-state index in [2.05, 4.69) is 20.7 Å². The third kappa shape index (κ3) is 3.34. The summed E-state index contributed by atoms with van der Waals surface area (Å²) in [5, 5.41) is 8.73. The largest absolute Gasteiger partial charge is 0.337 e. The summed E-state index contributed by atoms with van der Waals surface area (Å²) in [6.07, 6.45) is 11.5. The lowest BCUT2D eigenvalue weighted by Crippen LogP contribution is -2.39. The van der Waals surface area contributed by atoms with Gasteiger partial charge in [-0.3, -0.25) is 9.20 Å². The molecule has 0 saturated carbocycles. The first-order chi connectivity index (χ1) is 13.8. The van der Waals surface area contributed by atoms with E-state index in [1.807, 2.05) is 29.3 Å². The fourth-order valence-electron chi connectivity index (χ4n) is 4.62. The normalized spacial score (nSPS) is 20.6. The van der Waals surface area contributed by atoms with E-state index in [1.54, 1.807) is 11.3 Å². The Morgan fingerprint density at radius 1 is 1.07 bits per heavy atom. The summed E-state index contributed by atoms with van der Waals surface area (Å²) in [5.41, 5.74) is 2.30. The van der Waals surface area contributed by atoms with Crippen LogP contribution in [0.4, 0.5) is 0 Å². The minimum atomic E-state index is 0.204. The summed E-state index contributed by atoms with van der Waals surface area (Å²) in [4.78, 5) is 17.7. The maximum absolute atomic E-state index is 13.3. The number of likely N-dealkylation sites (tertiary alicyclic amines) is 1. The molecule has 1 saturated heterocycles. The Hall–Kier alpha value is -2.21. The zero-order valence-electron chi connectivity index (χ0n) is 16.1. The van der Waals surface area contributed by atoms with Crippen molar-refractivity contribution in [2.75, 3.05) is 13.1 Å². The number of carbonyl (C=O) groups excluding carboxylic acids is 1. The Labute approximate surface area is 169 Å². The fourth-order valence-corrected chi connectivity index (χ4v) is 5.84. The van der Waals surface area contributed by atoms with Crippen LogP contribution in [0.1, 0.15) is 70.4 Å². The van der Waals surface area contributed by atoms with Gasteiger partial charge in [0.2, 0.25) is 0 Å². The van der Waals surface area contributed by atoms with Gasteiger partial charge in [-0.1, -0.05) is 18.9 Å². The van der Waals surface area contributed by atoms with Gasteiger partial charge in [0.1, 0.15) is 5.82 Å². The third-order valence-corrected chi connectivity index (χ3v) is 7.35. The summed E-state index contributed by atoms with van der Waals surface area (Å²) in [5.74, 6) is 1.43. The van der Waals surface area contributed by atoms with E-state index in [0.717, 1.165) is 55.1 Å². The van der Waals surface area contributed by atoms with Gasteiger partial charge < -0.3 is 4.90 Å². The first kappa shape index (κ1) is 17.9. The van der Waals surface area contributed by atoms with Crippen LogP contribution in [-0.2, 0) is 12.8 Å². The molecule has 0 bridgehead atoms. The summed E-state index contributed by atoms with van der Waals surface area (Å²) >= 11 is 1.74. The van der Waals surface area contributed by atoms with E-state index in [-0.39, 0.29) is 11.8 Å². The summed E-state index contributed by atoms with van der Waals surface area (Å²) < 4.78 is 2.06. The minimum absolute atomic E-state index is 0.204. The number of hydrogen-bond donors (Lipinski definition) is 0. The molecule has 146 valence electrons. The predicted octanol–water partition coefficient (Wildman–Crippen LogP) is 4.47. The molecule has 5 rings (SSSR count). The molecule has 6 heteroatoms. The molecule has 1 amide bonds. The van der Waals surface area contributed by atoms with Crippen molar-refractivity contribution in [2.45, 2.75) is 57.3 Å². The van der Waals surface area contributed by atoms with Crippen molar-refractivity contribution in [3.05, 3.63) is 51.6 Å². The Balaban J connectivity index is 1.36. The molecular weight excluding hydrogens is 368 g/mol. The second kappa shape index (κ2) is 7.66. The van der Waals surface area contributed by atoms with Crippen LogP contribution in [0.2, 0.25) is 0 Å². The van der Waals surface area contributed by atoms with Gasteiger partial charge in [0, 0.05) is 30.1 Å². The highest BCUT2D eigenvalue weighted by atomic mass is 32.1. The van der Waals surface area contributed by atoms with Crippen LogP contribution in [-0.4, -0.2) is 38.5 Å². The molecule has 0 aromatic carbocycles. The molecule has 0 spiro atoms. The summed E-state index contributed by atoms with van der Waals surface area (Å²) in [7, 11) is 0. The van der Waals surface area contributed by atoms with Gasteiger partial charge in [-0.25, -0.2) is 0 Å². The third-order valence-electron chi connectivity index (χ3n) is 6.12. The van der Waals surface area contributed by atoms with Gasteiger partial charge in [-0.2, -0.15) is 0 Å². The highest BCUT2D eigenvalue weighted by Gasteiger charge is 2.29. The molecule has 0 N–H and O–H groups in total. The molecule has 28 heavy (non-hydrogen) atoms. The molecule has 5 nitrogen and oxygen atoms in total. The van der Waals surface area contributed by atoms with Crippen LogP contribution < -0.4 is 0 Å². The molecule has 0 unspecified atom stereocenters. The Morgan fingerprint density at radius 2 is 1.96 bits per heavy atom. The van der Waals surface area contributed by atoms with Crippen molar-refractivity contribution in [1.29, 1.82) is 0 Å². The number of fused-ring (bicyclic) bond motifs is 2. The molecular formula is C22H26N4OS. The van der Waals surface area contributed by atoms with Gasteiger partial charge in [0.15, 0.2) is 5.65 Å². The number of thiophene rings is 1.